The minimum Gasteiger partial charge on any atom is -0.368 e. The molecule has 0 aliphatic carbocycles. The van der Waals surface area contributed by atoms with Crippen LogP contribution < -0.4 is 4.90 Å². The van der Waals surface area contributed by atoms with Crippen LogP contribution in [-0.4, -0.2) is 61.1 Å². The largest absolute Gasteiger partial charge is 0.368 e. The van der Waals surface area contributed by atoms with Gasteiger partial charge in [0.15, 0.2) is 5.82 Å². The van der Waals surface area contributed by atoms with E-state index in [1.165, 1.54) is 25.2 Å². The molecule has 0 saturated carbocycles. The zero-order valence-electron chi connectivity index (χ0n) is 18.3. The van der Waals surface area contributed by atoms with E-state index < -0.39 is 10.1 Å². The monoisotopic (exact) mass is 452 g/mol. The van der Waals surface area contributed by atoms with Crippen LogP contribution in [0.1, 0.15) is 5.56 Å². The van der Waals surface area contributed by atoms with Gasteiger partial charge in [0.1, 0.15) is 0 Å². The quantitative estimate of drug-likeness (QED) is 0.610. The smallest absolute Gasteiger partial charge is 0.294 e. The molecule has 168 valence electrons. The van der Waals surface area contributed by atoms with Crippen molar-refractivity contribution in [2.45, 2.75) is 11.8 Å². The molecule has 8 heteroatoms. The number of rotatable bonds is 3. The molecule has 7 nitrogen and oxygen atoms in total. The van der Waals surface area contributed by atoms with E-state index in [0.29, 0.717) is 0 Å². The fraction of sp³-hybridized carbons (Fsp3) is 0.333. The molecule has 1 aromatic heterocycles. The molecule has 32 heavy (non-hydrogen) atoms. The van der Waals surface area contributed by atoms with E-state index >= 15 is 0 Å². The third kappa shape index (κ3) is 5.32. The molecule has 3 heterocycles. The van der Waals surface area contributed by atoms with Gasteiger partial charge >= 0.3 is 0 Å². The van der Waals surface area contributed by atoms with Gasteiger partial charge in [-0.15, -0.1) is 0 Å². The maximum atomic E-state index is 10.5. The molecule has 0 bridgehead atoms. The lowest BCUT2D eigenvalue weighted by Crippen LogP contribution is -2.26. The summed E-state index contributed by atoms with van der Waals surface area (Å²) in [6.07, 6.45) is 3.94. The standard InChI is InChI=1S/C17H20N4.C7H8O3S/c1-20-9-14-11-21(12-15(14)10-20)16-7-18-17(19-8-16)13-5-3-2-4-6-13;1-6-2-4-7(5-3-6)11(8,9)10/h2-8,14-15H,9-12H2,1H3;2-5H,1H3,(H,8,9,10). The van der Waals surface area contributed by atoms with Crippen molar-refractivity contribution in [1.29, 1.82) is 0 Å². The van der Waals surface area contributed by atoms with Crippen molar-refractivity contribution in [3.05, 3.63) is 72.6 Å². The Morgan fingerprint density at radius 1 is 0.875 bits per heavy atom. The predicted octanol–water partition coefficient (Wildman–Crippen LogP) is 3.38. The van der Waals surface area contributed by atoms with Crippen LogP contribution >= 0.6 is 0 Å². The minimum absolute atomic E-state index is 0.0666. The molecule has 2 unspecified atom stereocenters. The summed E-state index contributed by atoms with van der Waals surface area (Å²) in [5.41, 5.74) is 3.19. The topological polar surface area (TPSA) is 86.6 Å². The van der Waals surface area contributed by atoms with Gasteiger partial charge in [0.25, 0.3) is 10.1 Å². The van der Waals surface area contributed by atoms with Crippen LogP contribution in [0, 0.1) is 18.8 Å². The van der Waals surface area contributed by atoms with E-state index in [4.69, 9.17) is 4.55 Å². The van der Waals surface area contributed by atoms with E-state index in [9.17, 15) is 8.42 Å². The molecular formula is C24H28N4O3S. The normalized spacial score (nSPS) is 20.5. The number of nitrogens with zero attached hydrogens (tertiary/aromatic N) is 4. The minimum atomic E-state index is -4.02. The molecule has 5 rings (SSSR count). The Labute approximate surface area is 189 Å². The summed E-state index contributed by atoms with van der Waals surface area (Å²) in [5.74, 6) is 2.42. The summed E-state index contributed by atoms with van der Waals surface area (Å²) >= 11 is 0. The van der Waals surface area contributed by atoms with Gasteiger partial charge in [-0.05, 0) is 37.9 Å². The molecular weight excluding hydrogens is 424 g/mol. The zero-order valence-corrected chi connectivity index (χ0v) is 19.1. The van der Waals surface area contributed by atoms with Crippen molar-refractivity contribution < 1.29 is 13.0 Å². The summed E-state index contributed by atoms with van der Waals surface area (Å²) in [7, 11) is -1.80. The summed E-state index contributed by atoms with van der Waals surface area (Å²) in [6.45, 7) is 6.58. The van der Waals surface area contributed by atoms with Crippen LogP contribution in [0.3, 0.4) is 0 Å². The van der Waals surface area contributed by atoms with Gasteiger partial charge in [-0.2, -0.15) is 8.42 Å². The summed E-state index contributed by atoms with van der Waals surface area (Å²) < 4.78 is 29.6. The van der Waals surface area contributed by atoms with Gasteiger partial charge in [-0.3, -0.25) is 4.55 Å². The molecule has 2 aliphatic heterocycles. The second-order valence-corrected chi connectivity index (χ2v) is 9.99. The number of likely N-dealkylation sites (tertiary alicyclic amines) is 1. The first kappa shape index (κ1) is 22.4. The molecule has 2 aromatic carbocycles. The van der Waals surface area contributed by atoms with E-state index in [0.717, 1.165) is 47.6 Å². The van der Waals surface area contributed by atoms with Crippen LogP contribution in [0.4, 0.5) is 5.69 Å². The van der Waals surface area contributed by atoms with Crippen LogP contribution in [0.2, 0.25) is 0 Å². The Bertz CT molecular complexity index is 1120. The first-order valence-corrected chi connectivity index (χ1v) is 12.1. The van der Waals surface area contributed by atoms with Crippen LogP contribution in [-0.2, 0) is 10.1 Å². The highest BCUT2D eigenvalue weighted by Gasteiger charge is 2.38. The predicted molar refractivity (Wildman–Crippen MR) is 125 cm³/mol. The average Bonchev–Trinajstić information content (AvgIpc) is 3.32. The van der Waals surface area contributed by atoms with Gasteiger partial charge in [0.05, 0.1) is 23.0 Å². The molecule has 2 fully saturated rings. The highest BCUT2D eigenvalue weighted by atomic mass is 32.2. The fourth-order valence-corrected chi connectivity index (χ4v) is 4.85. The van der Waals surface area contributed by atoms with Crippen molar-refractivity contribution in [1.82, 2.24) is 14.9 Å². The molecule has 2 saturated heterocycles. The fourth-order valence-electron chi connectivity index (χ4n) is 4.37. The van der Waals surface area contributed by atoms with Gasteiger partial charge in [-0.25, -0.2) is 9.97 Å². The van der Waals surface area contributed by atoms with Crippen molar-refractivity contribution in [3.8, 4) is 11.4 Å². The third-order valence-electron chi connectivity index (χ3n) is 6.02. The molecule has 0 radical (unpaired) electrons. The van der Waals surface area contributed by atoms with Crippen LogP contribution in [0.25, 0.3) is 11.4 Å². The Hall–Kier alpha value is -2.81. The number of anilines is 1. The zero-order chi connectivity index (χ0) is 22.7. The first-order valence-electron chi connectivity index (χ1n) is 10.6. The summed E-state index contributed by atoms with van der Waals surface area (Å²) in [4.78, 5) is 13.9. The number of benzene rings is 2. The van der Waals surface area contributed by atoms with Crippen molar-refractivity contribution >= 4 is 15.8 Å². The molecule has 0 spiro atoms. The van der Waals surface area contributed by atoms with Gasteiger partial charge in [0.2, 0.25) is 0 Å². The summed E-state index contributed by atoms with van der Waals surface area (Å²) in [6, 6.07) is 16.1. The molecule has 1 N–H and O–H groups in total. The van der Waals surface area contributed by atoms with E-state index in [-0.39, 0.29) is 4.90 Å². The molecule has 0 amide bonds. The van der Waals surface area contributed by atoms with Gasteiger partial charge in [-0.1, -0.05) is 48.0 Å². The molecule has 2 aliphatic rings. The number of aryl methyl sites for hydroxylation is 1. The first-order chi connectivity index (χ1) is 15.3. The van der Waals surface area contributed by atoms with Crippen LogP contribution in [0.15, 0.2) is 71.9 Å². The maximum absolute atomic E-state index is 10.5. The Morgan fingerprint density at radius 3 is 1.97 bits per heavy atom. The maximum Gasteiger partial charge on any atom is 0.294 e. The molecule has 2 atom stereocenters. The van der Waals surface area contributed by atoms with Gasteiger partial charge in [0, 0.05) is 31.7 Å². The lowest BCUT2D eigenvalue weighted by Gasteiger charge is -2.20. The van der Waals surface area contributed by atoms with Gasteiger partial charge < -0.3 is 9.80 Å². The van der Waals surface area contributed by atoms with E-state index in [2.05, 4.69) is 26.8 Å². The van der Waals surface area contributed by atoms with E-state index in [1.54, 1.807) is 12.1 Å². The number of hydrogen-bond donors (Lipinski definition) is 1. The Kier molecular flexibility index (Phi) is 6.55. The lowest BCUT2D eigenvalue weighted by molar-refractivity contribution is 0.387. The van der Waals surface area contributed by atoms with Crippen molar-refractivity contribution in [2.75, 3.05) is 38.1 Å². The second kappa shape index (κ2) is 9.36. The number of fused-ring (bicyclic) bond motifs is 1. The SMILES string of the molecule is CN1CC2CN(c3cnc(-c4ccccc4)nc3)CC2C1.Cc1ccc(S(=O)(=O)O)cc1. The van der Waals surface area contributed by atoms with Crippen LogP contribution in [0.5, 0.6) is 0 Å². The van der Waals surface area contributed by atoms with Crippen molar-refractivity contribution in [2.24, 2.45) is 11.8 Å². The van der Waals surface area contributed by atoms with Crippen molar-refractivity contribution in [3.63, 3.8) is 0 Å². The Balaban J connectivity index is 0.000000189. The third-order valence-corrected chi connectivity index (χ3v) is 6.89. The number of hydrogen-bond acceptors (Lipinski definition) is 6. The highest BCUT2D eigenvalue weighted by Crippen LogP contribution is 2.33. The Morgan fingerprint density at radius 2 is 1.44 bits per heavy atom. The van der Waals surface area contributed by atoms with E-state index in [1.807, 2.05) is 49.6 Å². The average molecular weight is 453 g/mol. The number of aromatic nitrogens is 2. The summed E-state index contributed by atoms with van der Waals surface area (Å²) in [5, 5.41) is 0. The second-order valence-electron chi connectivity index (χ2n) is 8.57. The highest BCUT2D eigenvalue weighted by molar-refractivity contribution is 7.85. The molecule has 3 aromatic rings. The lowest BCUT2D eigenvalue weighted by atomic mass is 10.0.